The van der Waals surface area contributed by atoms with Crippen LogP contribution in [0.1, 0.15) is 31.5 Å². The molecule has 1 atom stereocenters. The summed E-state index contributed by atoms with van der Waals surface area (Å²) in [4.78, 5) is 3.93. The van der Waals surface area contributed by atoms with Crippen LogP contribution in [0.25, 0.3) is 0 Å². The Bertz CT molecular complexity index is 467. The monoisotopic (exact) mass is 287 g/mol. The Labute approximate surface area is 113 Å². The van der Waals surface area contributed by atoms with Gasteiger partial charge in [0.15, 0.2) is 0 Å². The first kappa shape index (κ1) is 14.4. The predicted octanol–water partition coefficient (Wildman–Crippen LogP) is 0.0985. The zero-order valence-electron chi connectivity index (χ0n) is 11.2. The van der Waals surface area contributed by atoms with E-state index < -0.39 is 10.0 Å². The van der Waals surface area contributed by atoms with Crippen LogP contribution in [0.4, 0.5) is 0 Å². The number of rotatable bonds is 6. The number of piperidine rings is 1. The van der Waals surface area contributed by atoms with Crippen molar-refractivity contribution in [2.45, 2.75) is 38.3 Å². The fourth-order valence-electron chi connectivity index (χ4n) is 2.23. The van der Waals surface area contributed by atoms with E-state index in [4.69, 9.17) is 0 Å². The molecule has 2 heterocycles. The summed E-state index contributed by atoms with van der Waals surface area (Å²) in [7, 11) is -1.65. The molecule has 2 rings (SSSR count). The highest BCUT2D eigenvalue weighted by Crippen LogP contribution is 2.12. The SMILES string of the molecule is CN(Cc1ncn[nH]1)S(=O)(=O)CCC1CCCCN1. The fourth-order valence-corrected chi connectivity index (χ4v) is 3.45. The van der Waals surface area contributed by atoms with Gasteiger partial charge >= 0.3 is 0 Å². The number of hydrogen-bond donors (Lipinski definition) is 2. The minimum Gasteiger partial charge on any atom is -0.314 e. The molecule has 8 heteroatoms. The Morgan fingerprint density at radius 3 is 2.95 bits per heavy atom. The van der Waals surface area contributed by atoms with E-state index in [0.29, 0.717) is 18.3 Å². The molecule has 1 fully saturated rings. The average molecular weight is 287 g/mol. The molecule has 0 amide bonds. The van der Waals surface area contributed by atoms with Gasteiger partial charge in [-0.05, 0) is 25.8 Å². The molecule has 0 bridgehead atoms. The standard InChI is InChI=1S/C11H21N5O2S/c1-16(8-11-13-9-14-15-11)19(17,18)7-5-10-4-2-3-6-12-10/h9-10,12H,2-8H2,1H3,(H,13,14,15). The molecule has 7 nitrogen and oxygen atoms in total. The van der Waals surface area contributed by atoms with Gasteiger partial charge in [0.25, 0.3) is 0 Å². The maximum atomic E-state index is 12.1. The minimum absolute atomic E-state index is 0.176. The third-order valence-electron chi connectivity index (χ3n) is 3.45. The largest absolute Gasteiger partial charge is 0.314 e. The molecular weight excluding hydrogens is 266 g/mol. The lowest BCUT2D eigenvalue weighted by Gasteiger charge is -2.24. The number of sulfonamides is 1. The van der Waals surface area contributed by atoms with Crippen molar-refractivity contribution in [3.8, 4) is 0 Å². The van der Waals surface area contributed by atoms with Gasteiger partial charge in [0.2, 0.25) is 10.0 Å². The van der Waals surface area contributed by atoms with Crippen molar-refractivity contribution in [3.63, 3.8) is 0 Å². The van der Waals surface area contributed by atoms with Gasteiger partial charge in [-0.2, -0.15) is 9.40 Å². The summed E-state index contributed by atoms with van der Waals surface area (Å²) < 4.78 is 25.6. The van der Waals surface area contributed by atoms with Crippen molar-refractivity contribution in [1.29, 1.82) is 0 Å². The van der Waals surface area contributed by atoms with E-state index in [9.17, 15) is 8.42 Å². The predicted molar refractivity (Wildman–Crippen MR) is 71.9 cm³/mol. The van der Waals surface area contributed by atoms with Crippen LogP contribution in [0, 0.1) is 0 Å². The molecule has 108 valence electrons. The van der Waals surface area contributed by atoms with Crippen LogP contribution >= 0.6 is 0 Å². The number of nitrogens with one attached hydrogen (secondary N) is 2. The van der Waals surface area contributed by atoms with Gasteiger partial charge in [-0.3, -0.25) is 5.10 Å². The van der Waals surface area contributed by atoms with Crippen LogP contribution in [0.2, 0.25) is 0 Å². The van der Waals surface area contributed by atoms with E-state index >= 15 is 0 Å². The summed E-state index contributed by atoms with van der Waals surface area (Å²) in [6.07, 6.45) is 5.49. The molecule has 0 spiro atoms. The Balaban J connectivity index is 1.83. The minimum atomic E-state index is -3.23. The Morgan fingerprint density at radius 1 is 1.47 bits per heavy atom. The molecule has 0 saturated carbocycles. The van der Waals surface area contributed by atoms with E-state index in [2.05, 4.69) is 20.5 Å². The van der Waals surface area contributed by atoms with Crippen molar-refractivity contribution in [2.75, 3.05) is 19.3 Å². The van der Waals surface area contributed by atoms with Crippen LogP contribution in [0.5, 0.6) is 0 Å². The lowest BCUT2D eigenvalue weighted by atomic mass is 10.0. The second kappa shape index (κ2) is 6.44. The van der Waals surface area contributed by atoms with Gasteiger partial charge in [-0.25, -0.2) is 13.4 Å². The quantitative estimate of drug-likeness (QED) is 0.774. The zero-order valence-corrected chi connectivity index (χ0v) is 12.0. The Hall–Kier alpha value is -0.990. The zero-order chi connectivity index (χ0) is 13.7. The fraction of sp³-hybridized carbons (Fsp3) is 0.818. The van der Waals surface area contributed by atoms with Gasteiger partial charge in [-0.1, -0.05) is 6.42 Å². The van der Waals surface area contributed by atoms with Gasteiger partial charge in [0, 0.05) is 13.1 Å². The van der Waals surface area contributed by atoms with E-state index in [1.54, 1.807) is 7.05 Å². The third-order valence-corrected chi connectivity index (χ3v) is 5.28. The first-order valence-electron chi connectivity index (χ1n) is 6.59. The molecule has 1 aliphatic heterocycles. The van der Waals surface area contributed by atoms with Crippen molar-refractivity contribution in [1.82, 2.24) is 24.8 Å². The summed E-state index contributed by atoms with van der Waals surface area (Å²) in [6, 6.07) is 0.335. The van der Waals surface area contributed by atoms with Crippen LogP contribution in [0.3, 0.4) is 0 Å². The van der Waals surface area contributed by atoms with Gasteiger partial charge < -0.3 is 5.32 Å². The molecule has 1 aromatic heterocycles. The lowest BCUT2D eigenvalue weighted by molar-refractivity contribution is 0.387. The van der Waals surface area contributed by atoms with E-state index in [0.717, 1.165) is 13.0 Å². The summed E-state index contributed by atoms with van der Waals surface area (Å²) in [5.41, 5.74) is 0. The van der Waals surface area contributed by atoms with Gasteiger partial charge in [-0.15, -0.1) is 0 Å². The number of H-pyrrole nitrogens is 1. The topological polar surface area (TPSA) is 91.0 Å². The summed E-state index contributed by atoms with van der Waals surface area (Å²) in [6.45, 7) is 1.24. The molecule has 19 heavy (non-hydrogen) atoms. The third kappa shape index (κ3) is 4.26. The molecule has 1 aromatic rings. The summed E-state index contributed by atoms with van der Waals surface area (Å²) in [5, 5.41) is 9.74. The second-order valence-corrected chi connectivity index (χ2v) is 7.14. The summed E-state index contributed by atoms with van der Waals surface area (Å²) in [5.74, 6) is 0.733. The average Bonchev–Trinajstić information content (AvgIpc) is 2.90. The maximum Gasteiger partial charge on any atom is 0.214 e. The van der Waals surface area contributed by atoms with Crippen molar-refractivity contribution in [3.05, 3.63) is 12.2 Å². The molecule has 1 saturated heterocycles. The van der Waals surface area contributed by atoms with E-state index in [1.807, 2.05) is 0 Å². The van der Waals surface area contributed by atoms with Gasteiger partial charge in [0.05, 0.1) is 12.3 Å². The molecule has 0 aliphatic carbocycles. The van der Waals surface area contributed by atoms with Crippen molar-refractivity contribution >= 4 is 10.0 Å². The maximum absolute atomic E-state index is 12.1. The molecule has 0 radical (unpaired) electrons. The molecular formula is C11H21N5O2S. The molecule has 0 aromatic carbocycles. The Morgan fingerprint density at radius 2 is 2.32 bits per heavy atom. The first-order valence-corrected chi connectivity index (χ1v) is 8.20. The second-order valence-electron chi connectivity index (χ2n) is 4.94. The first-order chi connectivity index (χ1) is 9.08. The van der Waals surface area contributed by atoms with Crippen LogP contribution in [-0.2, 0) is 16.6 Å². The normalized spacial score (nSPS) is 20.8. The number of aromatic amines is 1. The van der Waals surface area contributed by atoms with E-state index in [-0.39, 0.29) is 12.3 Å². The molecule has 1 aliphatic rings. The highest BCUT2D eigenvalue weighted by Gasteiger charge is 2.22. The van der Waals surface area contributed by atoms with Gasteiger partial charge in [0.1, 0.15) is 12.2 Å². The number of nitrogens with zero attached hydrogens (tertiary/aromatic N) is 3. The van der Waals surface area contributed by atoms with Crippen LogP contribution in [-0.4, -0.2) is 53.3 Å². The van der Waals surface area contributed by atoms with Crippen molar-refractivity contribution in [2.24, 2.45) is 0 Å². The van der Waals surface area contributed by atoms with E-state index in [1.165, 1.54) is 23.5 Å². The Kier molecular flexibility index (Phi) is 4.89. The number of aromatic nitrogens is 3. The number of hydrogen-bond acceptors (Lipinski definition) is 5. The van der Waals surface area contributed by atoms with Crippen LogP contribution < -0.4 is 5.32 Å². The highest BCUT2D eigenvalue weighted by molar-refractivity contribution is 7.89. The molecule has 2 N–H and O–H groups in total. The lowest BCUT2D eigenvalue weighted by Crippen LogP contribution is -2.37. The highest BCUT2D eigenvalue weighted by atomic mass is 32.2. The summed E-state index contributed by atoms with van der Waals surface area (Å²) >= 11 is 0. The van der Waals surface area contributed by atoms with Crippen LogP contribution in [0.15, 0.2) is 6.33 Å². The smallest absolute Gasteiger partial charge is 0.214 e. The van der Waals surface area contributed by atoms with Crippen molar-refractivity contribution < 1.29 is 8.42 Å². The molecule has 1 unspecified atom stereocenters.